The molecule has 0 fully saturated rings. The van der Waals surface area contributed by atoms with Gasteiger partial charge in [-0.25, -0.2) is 0 Å². The fourth-order valence-corrected chi connectivity index (χ4v) is 2.00. The van der Waals surface area contributed by atoms with Crippen molar-refractivity contribution in [2.45, 2.75) is 12.5 Å². The van der Waals surface area contributed by atoms with E-state index >= 15 is 0 Å². The zero-order valence-electron chi connectivity index (χ0n) is 8.71. The maximum atomic E-state index is 4.14. The minimum absolute atomic E-state index is 0.216. The predicted octanol–water partition coefficient (Wildman–Crippen LogP) is 0.775. The molecule has 0 aliphatic rings. The monoisotopic (exact) mass is 223 g/mol. The van der Waals surface area contributed by atoms with Crippen LogP contribution in [0.4, 0.5) is 0 Å². The third kappa shape index (κ3) is 2.40. The average molecular weight is 223 g/mol. The van der Waals surface area contributed by atoms with Gasteiger partial charge in [-0.1, -0.05) is 4.49 Å². The lowest BCUT2D eigenvalue weighted by Gasteiger charge is -2.11. The minimum atomic E-state index is 0.216. The van der Waals surface area contributed by atoms with Gasteiger partial charge >= 0.3 is 0 Å². The van der Waals surface area contributed by atoms with Crippen LogP contribution in [0.1, 0.15) is 17.3 Å². The second-order valence-corrected chi connectivity index (χ2v) is 4.01. The summed E-state index contributed by atoms with van der Waals surface area (Å²) in [6.45, 7) is 0. The summed E-state index contributed by atoms with van der Waals surface area (Å²) >= 11 is 1.38. The van der Waals surface area contributed by atoms with Crippen molar-refractivity contribution in [2.75, 3.05) is 7.05 Å². The van der Waals surface area contributed by atoms with Crippen molar-refractivity contribution in [1.29, 1.82) is 0 Å². The molecule has 2 heterocycles. The van der Waals surface area contributed by atoms with Crippen molar-refractivity contribution in [3.63, 3.8) is 0 Å². The van der Waals surface area contributed by atoms with Crippen LogP contribution in [0.5, 0.6) is 0 Å². The Hall–Kier alpha value is -1.27. The Labute approximate surface area is 92.3 Å². The van der Waals surface area contributed by atoms with E-state index in [0.29, 0.717) is 0 Å². The smallest absolute Gasteiger partial charge is 0.0928 e. The third-order valence-corrected chi connectivity index (χ3v) is 2.80. The summed E-state index contributed by atoms with van der Waals surface area (Å²) in [7, 11) is 3.85. The van der Waals surface area contributed by atoms with Crippen molar-refractivity contribution in [1.82, 2.24) is 24.7 Å². The van der Waals surface area contributed by atoms with Crippen molar-refractivity contribution in [2.24, 2.45) is 7.05 Å². The number of likely N-dealkylation sites (N-methyl/N-ethyl adjacent to an activating group) is 1. The van der Waals surface area contributed by atoms with Crippen LogP contribution in [0, 0.1) is 0 Å². The Bertz CT molecular complexity index is 408. The molecule has 0 aromatic carbocycles. The Kier molecular flexibility index (Phi) is 3.08. The van der Waals surface area contributed by atoms with E-state index < -0.39 is 0 Å². The highest BCUT2D eigenvalue weighted by Crippen LogP contribution is 2.16. The molecule has 2 aromatic heterocycles. The molecule has 1 atom stereocenters. The summed E-state index contributed by atoms with van der Waals surface area (Å²) in [5, 5.41) is 13.4. The van der Waals surface area contributed by atoms with Crippen LogP contribution >= 0.6 is 11.5 Å². The second-order valence-electron chi connectivity index (χ2n) is 3.40. The number of nitrogens with one attached hydrogen (secondary N) is 1. The van der Waals surface area contributed by atoms with E-state index in [9.17, 15) is 0 Å². The molecule has 0 saturated carbocycles. The molecular weight excluding hydrogens is 210 g/mol. The molecule has 2 aromatic rings. The van der Waals surface area contributed by atoms with Gasteiger partial charge in [-0.2, -0.15) is 5.10 Å². The molecule has 0 amide bonds. The first-order valence-electron chi connectivity index (χ1n) is 4.71. The fraction of sp³-hybridized carbons (Fsp3) is 0.444. The largest absolute Gasteiger partial charge is 0.311 e. The first-order chi connectivity index (χ1) is 7.29. The second kappa shape index (κ2) is 4.50. The maximum Gasteiger partial charge on any atom is 0.0928 e. The van der Waals surface area contributed by atoms with Gasteiger partial charge in [-0.3, -0.25) is 4.68 Å². The van der Waals surface area contributed by atoms with Crippen LogP contribution in [0.15, 0.2) is 17.8 Å². The molecule has 1 N–H and O–H groups in total. The third-order valence-electron chi connectivity index (χ3n) is 2.28. The molecule has 0 saturated heterocycles. The molecule has 1 unspecified atom stereocenters. The van der Waals surface area contributed by atoms with E-state index in [1.807, 2.05) is 31.9 Å². The Morgan fingerprint density at radius 1 is 1.60 bits per heavy atom. The molecule has 0 aliphatic heterocycles. The molecule has 0 bridgehead atoms. The lowest BCUT2D eigenvalue weighted by atomic mass is 10.1. The van der Waals surface area contributed by atoms with Crippen molar-refractivity contribution in [3.8, 4) is 0 Å². The van der Waals surface area contributed by atoms with Crippen LogP contribution in [0.3, 0.4) is 0 Å². The first kappa shape index (κ1) is 10.3. The maximum absolute atomic E-state index is 4.14. The molecule has 0 radical (unpaired) electrons. The number of rotatable bonds is 4. The van der Waals surface area contributed by atoms with Crippen molar-refractivity contribution >= 4 is 11.5 Å². The van der Waals surface area contributed by atoms with Gasteiger partial charge in [-0.05, 0) is 30.6 Å². The average Bonchev–Trinajstić information content (AvgIpc) is 2.85. The van der Waals surface area contributed by atoms with E-state index in [1.165, 1.54) is 17.1 Å². The van der Waals surface area contributed by atoms with Crippen LogP contribution in [0.2, 0.25) is 0 Å². The summed E-state index contributed by atoms with van der Waals surface area (Å²) in [5.74, 6) is 0. The zero-order valence-corrected chi connectivity index (χ0v) is 9.53. The number of aryl methyl sites for hydroxylation is 1. The zero-order chi connectivity index (χ0) is 10.7. The van der Waals surface area contributed by atoms with E-state index in [0.717, 1.165) is 12.1 Å². The van der Waals surface area contributed by atoms with Gasteiger partial charge in [0.25, 0.3) is 0 Å². The lowest BCUT2D eigenvalue weighted by molar-refractivity contribution is 0.574. The van der Waals surface area contributed by atoms with Gasteiger partial charge in [0.1, 0.15) is 0 Å². The summed E-state index contributed by atoms with van der Waals surface area (Å²) in [6.07, 6.45) is 4.78. The van der Waals surface area contributed by atoms with Crippen LogP contribution in [-0.2, 0) is 13.5 Å². The van der Waals surface area contributed by atoms with Crippen LogP contribution in [0.25, 0.3) is 0 Å². The normalized spacial score (nSPS) is 12.9. The summed E-state index contributed by atoms with van der Waals surface area (Å²) in [5.41, 5.74) is 2.19. The number of hydrogen-bond acceptors (Lipinski definition) is 5. The molecule has 80 valence electrons. The lowest BCUT2D eigenvalue weighted by Crippen LogP contribution is -2.19. The standard InChI is InChI=1S/C9H13N5S/c1-10-8(9-6-15-13-12-9)3-7-4-11-14(2)5-7/h4-6,8,10H,3H2,1-2H3. The van der Waals surface area contributed by atoms with Crippen molar-refractivity contribution < 1.29 is 0 Å². The fourth-order valence-electron chi connectivity index (χ4n) is 1.49. The molecule has 2 rings (SSSR count). The van der Waals surface area contributed by atoms with Gasteiger partial charge < -0.3 is 5.32 Å². The molecular formula is C9H13N5S. The Morgan fingerprint density at radius 2 is 2.47 bits per heavy atom. The summed E-state index contributed by atoms with van der Waals surface area (Å²) < 4.78 is 5.68. The summed E-state index contributed by atoms with van der Waals surface area (Å²) in [6, 6.07) is 0.216. The highest BCUT2D eigenvalue weighted by molar-refractivity contribution is 7.03. The SMILES string of the molecule is CNC(Cc1cnn(C)c1)c1csnn1. The van der Waals surface area contributed by atoms with Gasteiger partial charge in [0.2, 0.25) is 0 Å². The van der Waals surface area contributed by atoms with Crippen LogP contribution < -0.4 is 5.32 Å². The number of hydrogen-bond donors (Lipinski definition) is 1. The quantitative estimate of drug-likeness (QED) is 0.832. The Balaban J connectivity index is 2.09. The minimum Gasteiger partial charge on any atom is -0.311 e. The van der Waals surface area contributed by atoms with E-state index in [-0.39, 0.29) is 6.04 Å². The van der Waals surface area contributed by atoms with Crippen molar-refractivity contribution in [3.05, 3.63) is 29.0 Å². The number of nitrogens with zero attached hydrogens (tertiary/aromatic N) is 4. The number of aromatic nitrogens is 4. The van der Waals surface area contributed by atoms with Gasteiger partial charge in [0.15, 0.2) is 0 Å². The summed E-state index contributed by atoms with van der Waals surface area (Å²) in [4.78, 5) is 0. The molecule has 0 aliphatic carbocycles. The van der Waals surface area contributed by atoms with E-state index in [4.69, 9.17) is 0 Å². The molecule has 6 heteroatoms. The molecule has 0 spiro atoms. The van der Waals surface area contributed by atoms with E-state index in [2.05, 4.69) is 20.0 Å². The molecule has 15 heavy (non-hydrogen) atoms. The van der Waals surface area contributed by atoms with Crippen LogP contribution in [-0.4, -0.2) is 26.4 Å². The van der Waals surface area contributed by atoms with Gasteiger partial charge in [-0.15, -0.1) is 5.10 Å². The highest BCUT2D eigenvalue weighted by atomic mass is 32.1. The highest BCUT2D eigenvalue weighted by Gasteiger charge is 2.13. The Morgan fingerprint density at radius 3 is 3.00 bits per heavy atom. The van der Waals surface area contributed by atoms with E-state index in [1.54, 1.807) is 4.68 Å². The topological polar surface area (TPSA) is 55.6 Å². The van der Waals surface area contributed by atoms with Gasteiger partial charge in [0, 0.05) is 18.6 Å². The predicted molar refractivity (Wildman–Crippen MR) is 58.6 cm³/mol. The molecule has 5 nitrogen and oxygen atoms in total. The van der Waals surface area contributed by atoms with Gasteiger partial charge in [0.05, 0.1) is 17.9 Å². The first-order valence-corrected chi connectivity index (χ1v) is 5.55.